The van der Waals surface area contributed by atoms with Gasteiger partial charge in [0.25, 0.3) is 14.0 Å². The summed E-state index contributed by atoms with van der Waals surface area (Å²) in [6.07, 6.45) is 5.83. The SMILES string of the molecule is CC(C)[Si](OC1=C(c2ccccc2)[C@@H](NC(=O)/C=C/c2ccc([N+](=O)[O-])cc2)CCC1)(C(C)C)C(C)C. The Morgan fingerprint density at radius 2 is 1.59 bits per heavy atom. The van der Waals surface area contributed by atoms with E-state index in [2.05, 4.69) is 59.0 Å². The summed E-state index contributed by atoms with van der Waals surface area (Å²) in [5.41, 5.74) is 4.29. The van der Waals surface area contributed by atoms with Crippen LogP contribution in [0.2, 0.25) is 16.6 Å². The molecule has 0 fully saturated rings. The van der Waals surface area contributed by atoms with Crippen LogP contribution in [0.5, 0.6) is 0 Å². The molecule has 0 radical (unpaired) electrons. The molecule has 0 spiro atoms. The van der Waals surface area contributed by atoms with E-state index >= 15 is 0 Å². The Kier molecular flexibility index (Phi) is 9.48. The fourth-order valence-corrected chi connectivity index (χ4v) is 11.2. The van der Waals surface area contributed by atoms with Crippen LogP contribution in [0, 0.1) is 10.1 Å². The van der Waals surface area contributed by atoms with E-state index in [1.165, 1.54) is 18.2 Å². The van der Waals surface area contributed by atoms with Crippen LogP contribution in [0.3, 0.4) is 0 Å². The average Bonchev–Trinajstić information content (AvgIpc) is 2.86. The summed E-state index contributed by atoms with van der Waals surface area (Å²) in [7, 11) is -2.16. The number of amides is 1. The molecule has 1 aliphatic carbocycles. The lowest BCUT2D eigenvalue weighted by Gasteiger charge is -2.44. The molecule has 0 heterocycles. The molecular weight excluding hydrogens is 480 g/mol. The van der Waals surface area contributed by atoms with Gasteiger partial charge in [0.1, 0.15) is 0 Å². The zero-order valence-electron chi connectivity index (χ0n) is 22.9. The van der Waals surface area contributed by atoms with Crippen molar-refractivity contribution in [1.29, 1.82) is 0 Å². The van der Waals surface area contributed by atoms with Crippen molar-refractivity contribution >= 4 is 31.6 Å². The van der Waals surface area contributed by atoms with Crippen LogP contribution in [0.1, 0.15) is 71.9 Å². The van der Waals surface area contributed by atoms with Gasteiger partial charge in [0.05, 0.1) is 16.7 Å². The first-order chi connectivity index (χ1) is 17.6. The van der Waals surface area contributed by atoms with Gasteiger partial charge in [0.2, 0.25) is 5.91 Å². The molecule has 1 aliphatic rings. The summed E-state index contributed by atoms with van der Waals surface area (Å²) in [4.78, 5) is 23.4. The summed E-state index contributed by atoms with van der Waals surface area (Å²) >= 11 is 0. The van der Waals surface area contributed by atoms with Crippen molar-refractivity contribution in [1.82, 2.24) is 5.32 Å². The summed E-state index contributed by atoms with van der Waals surface area (Å²) in [6.45, 7) is 13.8. The molecular formula is C30H40N2O4Si. The van der Waals surface area contributed by atoms with E-state index in [9.17, 15) is 14.9 Å². The van der Waals surface area contributed by atoms with Crippen LogP contribution in [0.25, 0.3) is 11.6 Å². The third-order valence-electron chi connectivity index (χ3n) is 7.48. The van der Waals surface area contributed by atoms with E-state index in [4.69, 9.17) is 4.43 Å². The molecule has 0 unspecified atom stereocenters. The monoisotopic (exact) mass is 520 g/mol. The van der Waals surface area contributed by atoms with Gasteiger partial charge in [-0.2, -0.15) is 0 Å². The molecule has 0 aromatic heterocycles. The quantitative estimate of drug-likeness (QED) is 0.149. The number of allylic oxidation sites excluding steroid dienone is 1. The van der Waals surface area contributed by atoms with Gasteiger partial charge in [-0.3, -0.25) is 14.9 Å². The molecule has 3 rings (SSSR count). The number of nitrogens with zero attached hydrogens (tertiary/aromatic N) is 1. The van der Waals surface area contributed by atoms with Gasteiger partial charge in [-0.1, -0.05) is 71.9 Å². The minimum atomic E-state index is -2.16. The Morgan fingerprint density at radius 3 is 2.14 bits per heavy atom. The maximum atomic E-state index is 13.0. The van der Waals surface area contributed by atoms with E-state index in [0.717, 1.165) is 41.7 Å². The highest BCUT2D eigenvalue weighted by Gasteiger charge is 2.48. The Balaban J connectivity index is 1.93. The molecule has 198 valence electrons. The summed E-state index contributed by atoms with van der Waals surface area (Å²) in [5.74, 6) is 0.836. The Bertz CT molecular complexity index is 1120. The average molecular weight is 521 g/mol. The highest BCUT2D eigenvalue weighted by Crippen LogP contribution is 2.46. The molecule has 1 amide bonds. The van der Waals surface area contributed by atoms with Gasteiger partial charge < -0.3 is 9.74 Å². The zero-order chi connectivity index (χ0) is 27.2. The number of nitro groups is 1. The van der Waals surface area contributed by atoms with Crippen LogP contribution in [-0.4, -0.2) is 25.2 Å². The number of carbonyl (C=O) groups is 1. The lowest BCUT2D eigenvalue weighted by atomic mass is 9.87. The molecule has 7 heteroatoms. The molecule has 37 heavy (non-hydrogen) atoms. The largest absolute Gasteiger partial charge is 0.545 e. The first kappa shape index (κ1) is 28.4. The van der Waals surface area contributed by atoms with Crippen LogP contribution >= 0.6 is 0 Å². The van der Waals surface area contributed by atoms with Crippen molar-refractivity contribution in [3.05, 3.63) is 87.7 Å². The lowest BCUT2D eigenvalue weighted by Crippen LogP contribution is -2.48. The number of benzene rings is 2. The van der Waals surface area contributed by atoms with E-state index in [1.807, 2.05) is 18.2 Å². The van der Waals surface area contributed by atoms with Crippen LogP contribution in [0.15, 0.2) is 66.4 Å². The highest BCUT2D eigenvalue weighted by molar-refractivity contribution is 6.78. The van der Waals surface area contributed by atoms with Crippen molar-refractivity contribution in [3.63, 3.8) is 0 Å². The summed E-state index contributed by atoms with van der Waals surface area (Å²) in [6, 6.07) is 16.2. The molecule has 2 aromatic carbocycles. The van der Waals surface area contributed by atoms with Crippen molar-refractivity contribution < 1.29 is 14.1 Å². The van der Waals surface area contributed by atoms with Crippen molar-refractivity contribution in [3.8, 4) is 0 Å². The second-order valence-corrected chi connectivity index (χ2v) is 16.1. The van der Waals surface area contributed by atoms with Gasteiger partial charge in [0.15, 0.2) is 0 Å². The minimum Gasteiger partial charge on any atom is -0.545 e. The summed E-state index contributed by atoms with van der Waals surface area (Å²) < 4.78 is 7.20. The summed E-state index contributed by atoms with van der Waals surface area (Å²) in [5, 5.41) is 14.1. The maximum absolute atomic E-state index is 13.0. The lowest BCUT2D eigenvalue weighted by molar-refractivity contribution is -0.384. The maximum Gasteiger partial charge on any atom is 0.269 e. The standard InChI is InChI=1S/C30H40N2O4Si/c1-21(2)37(22(3)4,23(5)6)36-28-14-10-13-27(30(28)25-11-8-7-9-12-25)31-29(33)20-17-24-15-18-26(19-16-24)32(34)35/h7-9,11-12,15-23,27H,10,13-14H2,1-6H3,(H,31,33)/b20-17+/t27-/m0/s1. The molecule has 1 atom stereocenters. The second kappa shape index (κ2) is 12.4. The fraction of sp³-hybridized carbons (Fsp3) is 0.433. The molecule has 0 bridgehead atoms. The smallest absolute Gasteiger partial charge is 0.269 e. The van der Waals surface area contributed by atoms with Crippen molar-refractivity contribution in [2.45, 2.75) is 83.5 Å². The third-order valence-corrected chi connectivity index (χ3v) is 13.5. The zero-order valence-corrected chi connectivity index (χ0v) is 23.9. The first-order valence-electron chi connectivity index (χ1n) is 13.3. The molecule has 0 saturated heterocycles. The third kappa shape index (κ3) is 6.58. The number of hydrogen-bond donors (Lipinski definition) is 1. The van der Waals surface area contributed by atoms with E-state index in [0.29, 0.717) is 16.6 Å². The number of nitro benzene ring substituents is 1. The Labute approximate surface area is 222 Å². The van der Waals surface area contributed by atoms with Gasteiger partial charge in [-0.25, -0.2) is 0 Å². The molecule has 0 saturated carbocycles. The van der Waals surface area contributed by atoms with E-state index in [1.54, 1.807) is 18.2 Å². The molecule has 1 N–H and O–H groups in total. The molecule has 0 aliphatic heterocycles. The number of non-ortho nitro benzene ring substituents is 1. The van der Waals surface area contributed by atoms with Crippen molar-refractivity contribution in [2.24, 2.45) is 0 Å². The van der Waals surface area contributed by atoms with Gasteiger partial charge in [0, 0.05) is 30.2 Å². The number of rotatable bonds is 10. The second-order valence-electron chi connectivity index (χ2n) is 10.8. The number of carbonyl (C=O) groups excluding carboxylic acids is 1. The minimum absolute atomic E-state index is 0.0257. The topological polar surface area (TPSA) is 81.5 Å². The molecule has 6 nitrogen and oxygen atoms in total. The predicted octanol–water partition coefficient (Wildman–Crippen LogP) is 7.88. The number of nitrogens with one attached hydrogen (secondary N) is 1. The Morgan fingerprint density at radius 1 is 1.00 bits per heavy atom. The predicted molar refractivity (Wildman–Crippen MR) is 153 cm³/mol. The number of hydrogen-bond acceptors (Lipinski definition) is 4. The van der Waals surface area contributed by atoms with Crippen LogP contribution < -0.4 is 5.32 Å². The van der Waals surface area contributed by atoms with Gasteiger partial charge >= 0.3 is 0 Å². The normalized spacial score (nSPS) is 16.6. The van der Waals surface area contributed by atoms with Crippen molar-refractivity contribution in [2.75, 3.05) is 0 Å². The van der Waals surface area contributed by atoms with Crippen LogP contribution in [0.4, 0.5) is 5.69 Å². The van der Waals surface area contributed by atoms with Gasteiger partial charge in [-0.05, 0) is 58.8 Å². The van der Waals surface area contributed by atoms with E-state index in [-0.39, 0.29) is 17.6 Å². The van der Waals surface area contributed by atoms with E-state index < -0.39 is 13.2 Å². The van der Waals surface area contributed by atoms with Gasteiger partial charge in [-0.15, -0.1) is 0 Å². The Hall–Kier alpha value is -3.19. The fourth-order valence-electron chi connectivity index (χ4n) is 5.84. The van der Waals surface area contributed by atoms with Crippen LogP contribution in [-0.2, 0) is 9.22 Å². The highest BCUT2D eigenvalue weighted by atomic mass is 28.4. The first-order valence-corrected chi connectivity index (χ1v) is 15.4. The molecule has 2 aromatic rings.